The first-order valence-corrected chi connectivity index (χ1v) is 33.7. The number of unbranched alkanes of at least 4 members (excludes halogenated alkanes) is 25. The molecule has 9 nitrogen and oxygen atoms in total. The Balaban J connectivity index is 5.25. The van der Waals surface area contributed by atoms with Gasteiger partial charge < -0.3 is 28.5 Å². The second-order valence-electron chi connectivity index (χ2n) is 22.5. The van der Waals surface area contributed by atoms with Gasteiger partial charge in [0.15, 0.2) is 0 Å². The molecule has 0 aliphatic rings. The van der Waals surface area contributed by atoms with Crippen LogP contribution in [0.1, 0.15) is 265 Å². The topological polar surface area (TPSA) is 114 Å². The van der Waals surface area contributed by atoms with E-state index in [0.717, 1.165) is 103 Å². The van der Waals surface area contributed by atoms with Gasteiger partial charge >= 0.3 is 5.97 Å². The van der Waals surface area contributed by atoms with Crippen molar-refractivity contribution < 1.29 is 37.3 Å². The number of likely N-dealkylation sites (N-methyl/N-ethyl adjacent to an activating group) is 1. The number of nitrogens with one attached hydrogen (secondary N) is 1. The van der Waals surface area contributed by atoms with Crippen molar-refractivity contribution in [2.45, 2.75) is 277 Å². The van der Waals surface area contributed by atoms with E-state index in [9.17, 15) is 19.0 Å². The van der Waals surface area contributed by atoms with Crippen molar-refractivity contribution in [1.29, 1.82) is 0 Å². The van der Waals surface area contributed by atoms with Gasteiger partial charge in [0, 0.05) is 12.8 Å². The quantitative estimate of drug-likeness (QED) is 0.0212. The van der Waals surface area contributed by atoms with Gasteiger partial charge in [0.05, 0.1) is 33.8 Å². The van der Waals surface area contributed by atoms with Crippen LogP contribution in [-0.4, -0.2) is 69.4 Å². The third-order valence-corrected chi connectivity index (χ3v) is 14.7. The molecule has 0 aromatic rings. The molecule has 0 rings (SSSR count). The first-order valence-electron chi connectivity index (χ1n) is 32.2. The van der Waals surface area contributed by atoms with Gasteiger partial charge in [0.2, 0.25) is 5.91 Å². The van der Waals surface area contributed by atoms with E-state index >= 15 is 0 Å². The number of esters is 1. The second-order valence-corrected chi connectivity index (χ2v) is 23.9. The van der Waals surface area contributed by atoms with Crippen LogP contribution in [0, 0.1) is 0 Å². The van der Waals surface area contributed by atoms with E-state index < -0.39 is 26.6 Å². The zero-order valence-corrected chi connectivity index (χ0v) is 52.7. The number of quaternary nitrogens is 1. The van der Waals surface area contributed by atoms with E-state index in [1.165, 1.54) is 122 Å². The molecule has 10 heteroatoms. The maximum absolute atomic E-state index is 13.5. The highest BCUT2D eigenvalue weighted by molar-refractivity contribution is 7.45. The number of amides is 1. The van der Waals surface area contributed by atoms with Crippen molar-refractivity contribution in [2.24, 2.45) is 0 Å². The monoisotopic (exact) mass is 1120 g/mol. The van der Waals surface area contributed by atoms with E-state index in [1.807, 2.05) is 33.3 Å². The summed E-state index contributed by atoms with van der Waals surface area (Å²) in [5.74, 6) is -0.598. The van der Waals surface area contributed by atoms with Crippen LogP contribution in [0.25, 0.3) is 0 Å². The first kappa shape index (κ1) is 75.7. The molecule has 0 aromatic carbocycles. The first-order chi connectivity index (χ1) is 38.4. The van der Waals surface area contributed by atoms with Gasteiger partial charge in [-0.25, -0.2) is 0 Å². The van der Waals surface area contributed by atoms with E-state index in [2.05, 4.69) is 123 Å². The fourth-order valence-corrected chi connectivity index (χ4v) is 9.45. The molecule has 0 spiro atoms. The summed E-state index contributed by atoms with van der Waals surface area (Å²) in [5.41, 5.74) is 0. The Kier molecular flexibility index (Phi) is 55.4. The van der Waals surface area contributed by atoms with Crippen LogP contribution in [0.2, 0.25) is 0 Å². The summed E-state index contributed by atoms with van der Waals surface area (Å²) in [7, 11) is 1.15. The normalized spacial score (nSPS) is 14.4. The average molecular weight is 1120 g/mol. The molecule has 79 heavy (non-hydrogen) atoms. The summed E-state index contributed by atoms with van der Waals surface area (Å²) >= 11 is 0. The number of ether oxygens (including phenoxy) is 1. The van der Waals surface area contributed by atoms with Gasteiger partial charge in [-0.3, -0.25) is 14.2 Å². The Morgan fingerprint density at radius 1 is 0.456 bits per heavy atom. The van der Waals surface area contributed by atoms with E-state index in [1.54, 1.807) is 0 Å². The number of phosphoric ester groups is 1. The zero-order chi connectivity index (χ0) is 57.9. The summed E-state index contributed by atoms with van der Waals surface area (Å²) in [6, 6.07) is -0.914. The molecule has 0 bridgehead atoms. The largest absolute Gasteiger partial charge is 0.756 e. The Morgan fingerprint density at radius 2 is 0.810 bits per heavy atom. The Labute approximate surface area is 487 Å². The summed E-state index contributed by atoms with van der Waals surface area (Å²) < 4.78 is 30.3. The number of hydrogen-bond donors (Lipinski definition) is 1. The lowest BCUT2D eigenvalue weighted by Crippen LogP contribution is -2.47. The molecule has 0 radical (unpaired) electrons. The maximum Gasteiger partial charge on any atom is 0.306 e. The molecule has 1 N–H and O–H groups in total. The van der Waals surface area contributed by atoms with E-state index in [4.69, 9.17) is 13.8 Å². The molecular formula is C69H121N2O7P. The molecule has 0 saturated carbocycles. The lowest BCUT2D eigenvalue weighted by Gasteiger charge is -2.30. The molecule has 454 valence electrons. The molecule has 3 atom stereocenters. The van der Waals surface area contributed by atoms with Crippen LogP contribution in [0.4, 0.5) is 0 Å². The number of nitrogens with zero attached hydrogens (tertiary/aromatic N) is 1. The smallest absolute Gasteiger partial charge is 0.306 e. The Bertz CT molecular complexity index is 1720. The maximum atomic E-state index is 13.5. The van der Waals surface area contributed by atoms with Gasteiger partial charge in [-0.15, -0.1) is 0 Å². The highest BCUT2D eigenvalue weighted by atomic mass is 31.2. The minimum atomic E-state index is -4.72. The van der Waals surface area contributed by atoms with Crippen LogP contribution >= 0.6 is 7.82 Å². The predicted octanol–water partition coefficient (Wildman–Crippen LogP) is 19.5. The fraction of sp³-hybridized carbons (Fsp3) is 0.710. The molecule has 0 heterocycles. The highest BCUT2D eigenvalue weighted by Gasteiger charge is 2.27. The van der Waals surface area contributed by atoms with Crippen molar-refractivity contribution >= 4 is 19.7 Å². The summed E-state index contributed by atoms with van der Waals surface area (Å²) in [6.07, 6.45) is 79.2. The van der Waals surface area contributed by atoms with Gasteiger partial charge in [-0.2, -0.15) is 0 Å². The number of carbonyl (C=O) groups excluding carboxylic acids is 2. The van der Waals surface area contributed by atoms with Gasteiger partial charge in [0.25, 0.3) is 7.82 Å². The van der Waals surface area contributed by atoms with Gasteiger partial charge in [0.1, 0.15) is 19.3 Å². The Hall–Kier alpha value is -3.33. The van der Waals surface area contributed by atoms with E-state index in [-0.39, 0.29) is 24.9 Å². The minimum Gasteiger partial charge on any atom is -0.756 e. The molecule has 0 aliphatic carbocycles. The van der Waals surface area contributed by atoms with E-state index in [0.29, 0.717) is 23.9 Å². The zero-order valence-electron chi connectivity index (χ0n) is 51.8. The molecule has 3 unspecified atom stereocenters. The minimum absolute atomic E-state index is 0.0349. The highest BCUT2D eigenvalue weighted by Crippen LogP contribution is 2.38. The van der Waals surface area contributed by atoms with Crippen LogP contribution in [0.5, 0.6) is 0 Å². The van der Waals surface area contributed by atoms with Crippen molar-refractivity contribution in [3.8, 4) is 0 Å². The number of rotatable bonds is 57. The number of hydrogen-bond acceptors (Lipinski definition) is 7. The van der Waals surface area contributed by atoms with Crippen molar-refractivity contribution in [2.75, 3.05) is 40.9 Å². The van der Waals surface area contributed by atoms with Gasteiger partial charge in [-0.05, 0) is 115 Å². The average Bonchev–Trinajstić information content (AvgIpc) is 3.41. The number of carbonyl (C=O) groups is 2. The Morgan fingerprint density at radius 3 is 1.25 bits per heavy atom. The van der Waals surface area contributed by atoms with Gasteiger partial charge in [-0.1, -0.05) is 246 Å². The molecular weight excluding hydrogens is 1000 g/mol. The summed E-state index contributed by atoms with van der Waals surface area (Å²) in [5, 5.41) is 3.02. The van der Waals surface area contributed by atoms with Crippen molar-refractivity contribution in [3.63, 3.8) is 0 Å². The van der Waals surface area contributed by atoms with Crippen LogP contribution in [0.15, 0.2) is 109 Å². The van der Waals surface area contributed by atoms with Crippen LogP contribution in [0.3, 0.4) is 0 Å². The molecule has 0 fully saturated rings. The number of phosphoric acid groups is 1. The summed E-state index contributed by atoms with van der Waals surface area (Å²) in [4.78, 5) is 40.0. The van der Waals surface area contributed by atoms with Crippen LogP contribution in [-0.2, 0) is 27.9 Å². The lowest BCUT2D eigenvalue weighted by atomic mass is 10.0. The fourth-order valence-electron chi connectivity index (χ4n) is 8.73. The SMILES string of the molecule is CC/C=C\C/C=C\C/C=C\C/C=C\C/C=C\C/C=C\CCCCC(=O)OC(/C=C/CCCCCCCCCCC)C(COP(=O)([O-])OCC[N+](C)(C)C)NC(=O)CCCCCCCCCCCCC/C=C\C/C=C\CCCCC. The lowest BCUT2D eigenvalue weighted by molar-refractivity contribution is -0.870. The summed E-state index contributed by atoms with van der Waals surface area (Å²) in [6.45, 7) is 6.67. The molecule has 0 aromatic heterocycles. The third-order valence-electron chi connectivity index (χ3n) is 13.7. The predicted molar refractivity (Wildman–Crippen MR) is 339 cm³/mol. The third kappa shape index (κ3) is 59.1. The van der Waals surface area contributed by atoms with Crippen LogP contribution < -0.4 is 10.2 Å². The second kappa shape index (κ2) is 57.9. The van der Waals surface area contributed by atoms with Crippen molar-refractivity contribution in [3.05, 3.63) is 109 Å². The molecule has 0 aliphatic heterocycles. The molecule has 1 amide bonds. The van der Waals surface area contributed by atoms with Crippen molar-refractivity contribution in [1.82, 2.24) is 5.32 Å². The molecule has 0 saturated heterocycles. The standard InChI is InChI=1S/C69H121N2O7P/c1-7-10-13-16-19-22-25-27-29-31-33-35-37-39-41-43-46-49-52-55-58-61-68(72)70-66(65-77-79(74,75)76-64-63-71(4,5)6)67(60-57-54-51-48-45-24-21-18-15-12-9-3)78-69(73)62-59-56-53-50-47-44-42-40-38-36-34-32-30-28-26-23-20-17-14-11-8-2/h11,14,19-20,22-23,27-30,34,36,40,42,47,50,57,60,66-67H,7-10,12-13,15-18,21,24-26,31-33,35,37-39,41,43-46,48-49,51-56,58-59,61-65H2,1-6H3,(H-,70,72,74,75)/b14-11-,22-19-,23-20-,29-27-,30-28-,36-34-,42-40-,50-47-,60-57+. The number of allylic oxidation sites excluding steroid dienone is 17.